The average molecular weight is 477 g/mol. The molecule has 0 N–H and O–H groups in total. The van der Waals surface area contributed by atoms with Crippen molar-refractivity contribution in [2.75, 3.05) is 0 Å². The molecule has 5 rings (SSSR count). The molecule has 5 heteroatoms. The monoisotopic (exact) mass is 476 g/mol. The van der Waals surface area contributed by atoms with Crippen LogP contribution in [0.2, 0.25) is 0 Å². The summed E-state index contributed by atoms with van der Waals surface area (Å²) in [5.41, 5.74) is 5.45. The van der Waals surface area contributed by atoms with Crippen molar-refractivity contribution in [3.8, 4) is 28.3 Å². The number of fused-ring (bicyclic) bond motifs is 1. The number of carbonyl (C=O) groups excluding carboxylic acids is 1. The van der Waals surface area contributed by atoms with Crippen LogP contribution in [-0.4, -0.2) is 21.3 Å². The molecule has 0 atom stereocenters. The van der Waals surface area contributed by atoms with Gasteiger partial charge in [-0.15, -0.1) is 0 Å². The van der Waals surface area contributed by atoms with Crippen LogP contribution in [0.3, 0.4) is 0 Å². The maximum absolute atomic E-state index is 12.2. The number of carbonyl (C=O) groups is 1. The molecule has 5 aromatic rings. The molecular formula is C31H28N2O3. The van der Waals surface area contributed by atoms with Crippen LogP contribution >= 0.6 is 0 Å². The van der Waals surface area contributed by atoms with Gasteiger partial charge >= 0.3 is 6.16 Å². The quantitative estimate of drug-likeness (QED) is 0.192. The topological polar surface area (TPSA) is 53.4 Å². The summed E-state index contributed by atoms with van der Waals surface area (Å²) in [4.78, 5) is 17.2. The Kier molecular flexibility index (Phi) is 6.30. The molecule has 0 fully saturated rings. The molecule has 0 aliphatic heterocycles. The Morgan fingerprint density at radius 1 is 0.778 bits per heavy atom. The molecule has 0 radical (unpaired) electrons. The molecule has 1 aromatic heterocycles. The number of hydrogen-bond donors (Lipinski definition) is 0. The van der Waals surface area contributed by atoms with Gasteiger partial charge in [-0.3, -0.25) is 0 Å². The maximum atomic E-state index is 12.2. The molecule has 0 spiro atoms. The highest BCUT2D eigenvalue weighted by Crippen LogP contribution is 2.31. The Hall–Kier alpha value is -4.38. The van der Waals surface area contributed by atoms with Gasteiger partial charge in [0.2, 0.25) is 0 Å². The standard InChI is InChI=1S/C31H28N2O3/c1-31(2,3)36-30(34)35-28-16-10-7-13-25(28)23-19-17-22(18-20-23)21-33-27-15-9-8-14-26(27)32-29(33)24-11-5-4-6-12-24/h4-20H,21H2,1-3H3. The predicted octanol–water partition coefficient (Wildman–Crippen LogP) is 7.73. The minimum Gasteiger partial charge on any atom is -0.428 e. The molecule has 0 bridgehead atoms. The highest BCUT2D eigenvalue weighted by atomic mass is 16.7. The number of imidazole rings is 1. The fourth-order valence-electron chi connectivity index (χ4n) is 4.17. The number of nitrogens with zero attached hydrogens (tertiary/aromatic N) is 2. The van der Waals surface area contributed by atoms with Crippen LogP contribution in [0.25, 0.3) is 33.5 Å². The third kappa shape index (κ3) is 5.15. The molecular weight excluding hydrogens is 448 g/mol. The third-order valence-corrected chi connectivity index (χ3v) is 5.76. The molecule has 4 aromatic carbocycles. The van der Waals surface area contributed by atoms with E-state index < -0.39 is 11.8 Å². The van der Waals surface area contributed by atoms with Crippen molar-refractivity contribution in [3.63, 3.8) is 0 Å². The van der Waals surface area contributed by atoms with Crippen molar-refractivity contribution >= 4 is 17.2 Å². The molecule has 5 nitrogen and oxygen atoms in total. The van der Waals surface area contributed by atoms with Gasteiger partial charge in [0.05, 0.1) is 11.0 Å². The Morgan fingerprint density at radius 3 is 2.19 bits per heavy atom. The van der Waals surface area contributed by atoms with E-state index >= 15 is 0 Å². The van der Waals surface area contributed by atoms with Crippen molar-refractivity contribution in [1.29, 1.82) is 0 Å². The van der Waals surface area contributed by atoms with E-state index in [2.05, 4.69) is 34.9 Å². The van der Waals surface area contributed by atoms with E-state index in [0.29, 0.717) is 12.3 Å². The first-order chi connectivity index (χ1) is 17.4. The molecule has 0 amide bonds. The molecule has 0 aliphatic rings. The zero-order chi connectivity index (χ0) is 25.1. The zero-order valence-electron chi connectivity index (χ0n) is 20.6. The number of benzene rings is 4. The van der Waals surface area contributed by atoms with E-state index in [0.717, 1.165) is 39.1 Å². The summed E-state index contributed by atoms with van der Waals surface area (Å²) in [6.07, 6.45) is -0.716. The number of rotatable bonds is 5. The van der Waals surface area contributed by atoms with Crippen LogP contribution in [0, 0.1) is 0 Å². The molecule has 0 saturated carbocycles. The first-order valence-corrected chi connectivity index (χ1v) is 12.0. The lowest BCUT2D eigenvalue weighted by atomic mass is 10.0. The van der Waals surface area contributed by atoms with Crippen molar-refractivity contribution in [2.24, 2.45) is 0 Å². The van der Waals surface area contributed by atoms with Gasteiger partial charge in [0.25, 0.3) is 0 Å². The van der Waals surface area contributed by atoms with Crippen molar-refractivity contribution in [3.05, 3.63) is 109 Å². The fourth-order valence-corrected chi connectivity index (χ4v) is 4.17. The third-order valence-electron chi connectivity index (χ3n) is 5.76. The van der Waals surface area contributed by atoms with E-state index in [4.69, 9.17) is 14.5 Å². The molecule has 180 valence electrons. The van der Waals surface area contributed by atoms with E-state index in [1.54, 1.807) is 6.07 Å². The second-order valence-corrected chi connectivity index (χ2v) is 9.64. The second-order valence-electron chi connectivity index (χ2n) is 9.64. The Balaban J connectivity index is 1.43. The van der Waals surface area contributed by atoms with Crippen LogP contribution in [0.1, 0.15) is 26.3 Å². The van der Waals surface area contributed by atoms with Crippen LogP contribution < -0.4 is 4.74 Å². The molecule has 0 saturated heterocycles. The van der Waals surface area contributed by atoms with Crippen LogP contribution in [0.4, 0.5) is 4.79 Å². The summed E-state index contributed by atoms with van der Waals surface area (Å²) in [5, 5.41) is 0. The Bertz CT molecular complexity index is 1500. The average Bonchev–Trinajstić information content (AvgIpc) is 3.23. The van der Waals surface area contributed by atoms with Gasteiger partial charge in [-0.05, 0) is 50.1 Å². The van der Waals surface area contributed by atoms with Gasteiger partial charge in [0.1, 0.15) is 17.2 Å². The molecule has 0 aliphatic carbocycles. The number of ether oxygens (including phenoxy) is 2. The van der Waals surface area contributed by atoms with Gasteiger partial charge in [-0.2, -0.15) is 0 Å². The minimum atomic E-state index is -0.716. The molecule has 0 unspecified atom stereocenters. The van der Waals surface area contributed by atoms with Gasteiger partial charge < -0.3 is 14.0 Å². The van der Waals surface area contributed by atoms with Crippen LogP contribution in [0.5, 0.6) is 5.75 Å². The number of para-hydroxylation sites is 3. The lowest BCUT2D eigenvalue weighted by molar-refractivity contribution is 0.0207. The SMILES string of the molecule is CC(C)(C)OC(=O)Oc1ccccc1-c1ccc(Cn2c(-c3ccccc3)nc3ccccc32)cc1. The summed E-state index contributed by atoms with van der Waals surface area (Å²) >= 11 is 0. The maximum Gasteiger partial charge on any atom is 0.514 e. The molecule has 1 heterocycles. The lowest BCUT2D eigenvalue weighted by Gasteiger charge is -2.19. The van der Waals surface area contributed by atoms with Crippen molar-refractivity contribution in [1.82, 2.24) is 9.55 Å². The van der Waals surface area contributed by atoms with Crippen LogP contribution in [-0.2, 0) is 11.3 Å². The largest absolute Gasteiger partial charge is 0.514 e. The first kappa shape index (κ1) is 23.4. The summed E-state index contributed by atoms with van der Waals surface area (Å²) in [6.45, 7) is 6.11. The number of aromatic nitrogens is 2. The summed E-state index contributed by atoms with van der Waals surface area (Å²) in [5.74, 6) is 1.41. The number of hydrogen-bond acceptors (Lipinski definition) is 4. The Morgan fingerprint density at radius 2 is 1.44 bits per heavy atom. The smallest absolute Gasteiger partial charge is 0.428 e. The van der Waals surface area contributed by atoms with E-state index in [1.807, 2.05) is 87.5 Å². The molecule has 36 heavy (non-hydrogen) atoms. The van der Waals surface area contributed by atoms with Crippen LogP contribution in [0.15, 0.2) is 103 Å². The normalized spacial score (nSPS) is 11.4. The van der Waals surface area contributed by atoms with Gasteiger partial charge in [0.15, 0.2) is 0 Å². The van der Waals surface area contributed by atoms with Crippen molar-refractivity contribution in [2.45, 2.75) is 32.9 Å². The van der Waals surface area contributed by atoms with Crippen molar-refractivity contribution < 1.29 is 14.3 Å². The first-order valence-electron chi connectivity index (χ1n) is 12.0. The minimum absolute atomic E-state index is 0.464. The Labute approximate surface area is 211 Å². The van der Waals surface area contributed by atoms with E-state index in [9.17, 15) is 4.79 Å². The van der Waals surface area contributed by atoms with Gasteiger partial charge in [-0.25, -0.2) is 9.78 Å². The highest BCUT2D eigenvalue weighted by molar-refractivity contribution is 5.81. The fraction of sp³-hybridized carbons (Fsp3) is 0.161. The van der Waals surface area contributed by atoms with E-state index in [1.165, 1.54) is 0 Å². The zero-order valence-corrected chi connectivity index (χ0v) is 20.6. The van der Waals surface area contributed by atoms with Gasteiger partial charge in [0, 0.05) is 17.7 Å². The predicted molar refractivity (Wildman–Crippen MR) is 143 cm³/mol. The second kappa shape index (κ2) is 9.70. The summed E-state index contributed by atoms with van der Waals surface area (Å²) in [7, 11) is 0. The summed E-state index contributed by atoms with van der Waals surface area (Å²) < 4.78 is 13.1. The lowest BCUT2D eigenvalue weighted by Crippen LogP contribution is -2.26. The highest BCUT2D eigenvalue weighted by Gasteiger charge is 2.19. The van der Waals surface area contributed by atoms with E-state index in [-0.39, 0.29) is 0 Å². The van der Waals surface area contributed by atoms with Gasteiger partial charge in [-0.1, -0.05) is 84.9 Å². The summed E-state index contributed by atoms with van der Waals surface area (Å²) in [6, 6.07) is 34.2.